The van der Waals surface area contributed by atoms with Gasteiger partial charge in [-0.2, -0.15) is 0 Å². The number of nitrogens with zero attached hydrogens (tertiary/aromatic N) is 2. The number of thioether (sulfide) groups is 1. The Morgan fingerprint density at radius 1 is 1.13 bits per heavy atom. The van der Waals surface area contributed by atoms with Gasteiger partial charge in [0.2, 0.25) is 0 Å². The lowest BCUT2D eigenvalue weighted by atomic mass is 10.1. The maximum Gasteiger partial charge on any atom is 0.325 e. The number of esters is 1. The zero-order valence-electron chi connectivity index (χ0n) is 16.1. The molecule has 30 heavy (non-hydrogen) atoms. The second kappa shape index (κ2) is 9.45. The Balaban J connectivity index is 1.83. The monoisotopic (exact) mass is 427 g/mol. The molecule has 1 heterocycles. The molecule has 0 spiro atoms. The first-order valence-electron chi connectivity index (χ1n) is 9.20. The molecule has 1 aliphatic heterocycles. The van der Waals surface area contributed by atoms with E-state index in [9.17, 15) is 24.3 Å². The molecular weight excluding hydrogens is 408 g/mol. The van der Waals surface area contributed by atoms with Crippen LogP contribution in [0.15, 0.2) is 54.6 Å². The van der Waals surface area contributed by atoms with Gasteiger partial charge >= 0.3 is 5.97 Å². The van der Waals surface area contributed by atoms with Gasteiger partial charge in [-0.05, 0) is 48.0 Å². The van der Waals surface area contributed by atoms with Crippen molar-refractivity contribution < 1.29 is 29.0 Å². The number of benzene rings is 2. The number of para-hydroxylation sites is 1. The van der Waals surface area contributed by atoms with E-state index in [0.29, 0.717) is 11.3 Å². The topological polar surface area (TPSA) is 107 Å². The Kier molecular flexibility index (Phi) is 6.73. The van der Waals surface area contributed by atoms with Crippen molar-refractivity contribution in [3.8, 4) is 0 Å². The molecule has 0 aliphatic carbocycles. The molecule has 0 bridgehead atoms. The number of aromatic carboxylic acids is 1. The minimum absolute atomic E-state index is 0.0379. The van der Waals surface area contributed by atoms with Gasteiger partial charge in [-0.1, -0.05) is 36.4 Å². The molecule has 1 saturated heterocycles. The summed E-state index contributed by atoms with van der Waals surface area (Å²) in [4.78, 5) is 51.4. The van der Waals surface area contributed by atoms with Crippen molar-refractivity contribution >= 4 is 40.5 Å². The van der Waals surface area contributed by atoms with Gasteiger partial charge < -0.3 is 19.5 Å². The van der Waals surface area contributed by atoms with Crippen LogP contribution in [0.3, 0.4) is 0 Å². The normalized spacial score (nSPS) is 15.9. The third-order valence-electron chi connectivity index (χ3n) is 4.39. The summed E-state index contributed by atoms with van der Waals surface area (Å²) >= 11 is 0.801. The lowest BCUT2D eigenvalue weighted by Crippen LogP contribution is -2.44. The molecule has 2 amide bonds. The fraction of sp³-hybridized carbons (Fsp3) is 0.238. The molecule has 156 valence electrons. The van der Waals surface area contributed by atoms with Crippen molar-refractivity contribution in [2.75, 3.05) is 18.1 Å². The standard InChI is InChI=1S/C21H20N2O6S/c1-2-29-17(24)13-22(16-9-4-3-5-10-16)19-18(25)23(21(28)30-19)12-14-7-6-8-15(11-14)20(26)27/h3-11,19H,2,12-13H2,1H3,(H,26,27)/p-1/t19-/m1/s1. The molecule has 0 saturated carbocycles. The van der Waals surface area contributed by atoms with Crippen LogP contribution in [0.25, 0.3) is 0 Å². The Bertz CT molecular complexity index is 965. The van der Waals surface area contributed by atoms with Gasteiger partial charge in [-0.3, -0.25) is 19.3 Å². The number of hydrogen-bond acceptors (Lipinski definition) is 8. The molecule has 0 unspecified atom stereocenters. The van der Waals surface area contributed by atoms with E-state index in [1.54, 1.807) is 43.3 Å². The summed E-state index contributed by atoms with van der Waals surface area (Å²) < 4.78 is 5.01. The molecule has 0 aromatic heterocycles. The molecule has 1 fully saturated rings. The van der Waals surface area contributed by atoms with Crippen molar-refractivity contribution in [3.63, 3.8) is 0 Å². The lowest BCUT2D eigenvalue weighted by Gasteiger charge is -2.27. The first-order valence-corrected chi connectivity index (χ1v) is 10.1. The van der Waals surface area contributed by atoms with E-state index in [1.807, 2.05) is 0 Å². The van der Waals surface area contributed by atoms with Crippen molar-refractivity contribution in [2.24, 2.45) is 0 Å². The molecule has 0 N–H and O–H groups in total. The molecule has 1 aliphatic rings. The van der Waals surface area contributed by atoms with Crippen molar-refractivity contribution in [3.05, 3.63) is 65.7 Å². The van der Waals surface area contributed by atoms with E-state index < -0.39 is 28.5 Å². The van der Waals surface area contributed by atoms with Gasteiger partial charge in [0.05, 0.1) is 19.1 Å². The number of imide groups is 1. The molecule has 2 aromatic carbocycles. The molecule has 2 aromatic rings. The van der Waals surface area contributed by atoms with Gasteiger partial charge in [0.15, 0.2) is 5.37 Å². The van der Waals surface area contributed by atoms with Crippen LogP contribution in [0.5, 0.6) is 0 Å². The van der Waals surface area contributed by atoms with Gasteiger partial charge in [-0.15, -0.1) is 0 Å². The Morgan fingerprint density at radius 3 is 2.53 bits per heavy atom. The lowest BCUT2D eigenvalue weighted by molar-refractivity contribution is -0.255. The minimum atomic E-state index is -1.34. The molecule has 3 rings (SSSR count). The Morgan fingerprint density at radius 2 is 1.87 bits per heavy atom. The van der Waals surface area contributed by atoms with Crippen LogP contribution in [-0.4, -0.2) is 46.5 Å². The van der Waals surface area contributed by atoms with E-state index in [4.69, 9.17) is 4.74 Å². The number of carboxylic acid groups (broad SMARTS) is 1. The maximum absolute atomic E-state index is 13.1. The van der Waals surface area contributed by atoms with E-state index in [2.05, 4.69) is 0 Å². The van der Waals surface area contributed by atoms with E-state index in [0.717, 1.165) is 16.7 Å². The molecular formula is C21H19N2O6S-. The Labute approximate surface area is 177 Å². The molecule has 1 atom stereocenters. The van der Waals surface area contributed by atoms with Crippen LogP contribution in [0.2, 0.25) is 0 Å². The van der Waals surface area contributed by atoms with E-state index in [-0.39, 0.29) is 25.3 Å². The smallest absolute Gasteiger partial charge is 0.325 e. The third kappa shape index (κ3) is 4.80. The highest BCUT2D eigenvalue weighted by molar-refractivity contribution is 8.15. The SMILES string of the molecule is CCOC(=O)CN(c1ccccc1)[C@@H]1SC(=O)N(Cc2cccc(C(=O)[O-])c2)C1=O. The second-order valence-corrected chi connectivity index (χ2v) is 7.45. The second-order valence-electron chi connectivity index (χ2n) is 6.42. The number of carbonyl (C=O) groups is 4. The first-order chi connectivity index (χ1) is 14.4. The number of rotatable bonds is 8. The highest BCUT2D eigenvalue weighted by atomic mass is 32.2. The van der Waals surface area contributed by atoms with Crippen LogP contribution >= 0.6 is 11.8 Å². The number of carboxylic acids is 1. The summed E-state index contributed by atoms with van der Waals surface area (Å²) in [7, 11) is 0. The molecule has 8 nitrogen and oxygen atoms in total. The van der Waals surface area contributed by atoms with Crippen molar-refractivity contribution in [1.82, 2.24) is 4.90 Å². The zero-order chi connectivity index (χ0) is 21.7. The summed E-state index contributed by atoms with van der Waals surface area (Å²) in [6.45, 7) is 1.62. The fourth-order valence-corrected chi connectivity index (χ4v) is 4.05. The number of anilines is 1. The van der Waals surface area contributed by atoms with E-state index in [1.165, 1.54) is 23.1 Å². The van der Waals surface area contributed by atoms with Crippen LogP contribution in [0.1, 0.15) is 22.8 Å². The van der Waals surface area contributed by atoms with Gasteiger partial charge in [-0.25, -0.2) is 0 Å². The summed E-state index contributed by atoms with van der Waals surface area (Å²) in [6.07, 6.45) is 0. The fourth-order valence-electron chi connectivity index (χ4n) is 3.03. The largest absolute Gasteiger partial charge is 0.545 e. The number of hydrogen-bond donors (Lipinski definition) is 0. The minimum Gasteiger partial charge on any atom is -0.545 e. The molecule has 0 radical (unpaired) electrons. The van der Waals surface area contributed by atoms with Crippen molar-refractivity contribution in [1.29, 1.82) is 0 Å². The van der Waals surface area contributed by atoms with Crippen LogP contribution in [-0.2, 0) is 20.9 Å². The van der Waals surface area contributed by atoms with Crippen LogP contribution < -0.4 is 10.0 Å². The van der Waals surface area contributed by atoms with Crippen molar-refractivity contribution in [2.45, 2.75) is 18.8 Å². The summed E-state index contributed by atoms with van der Waals surface area (Å²) in [5, 5.41) is 9.65. The summed E-state index contributed by atoms with van der Waals surface area (Å²) in [5.41, 5.74) is 1.05. The van der Waals surface area contributed by atoms with Gasteiger partial charge in [0, 0.05) is 5.69 Å². The third-order valence-corrected chi connectivity index (χ3v) is 5.49. The summed E-state index contributed by atoms with van der Waals surface area (Å²) in [5.74, 6) is -2.34. The predicted octanol–water partition coefficient (Wildman–Crippen LogP) is 1.64. The molecule has 9 heteroatoms. The number of ether oxygens (including phenoxy) is 1. The highest BCUT2D eigenvalue weighted by Gasteiger charge is 2.43. The maximum atomic E-state index is 13.1. The number of carbonyl (C=O) groups excluding carboxylic acids is 4. The quantitative estimate of drug-likeness (QED) is 0.585. The van der Waals surface area contributed by atoms with E-state index >= 15 is 0 Å². The average Bonchev–Trinajstić information content (AvgIpc) is 3.01. The Hall–Kier alpha value is -3.33. The average molecular weight is 427 g/mol. The van der Waals surface area contributed by atoms with Crippen LogP contribution in [0.4, 0.5) is 10.5 Å². The zero-order valence-corrected chi connectivity index (χ0v) is 17.0. The summed E-state index contributed by atoms with van der Waals surface area (Å²) in [6, 6.07) is 14.7. The van der Waals surface area contributed by atoms with Gasteiger partial charge in [0.1, 0.15) is 6.54 Å². The van der Waals surface area contributed by atoms with Crippen LogP contribution in [0, 0.1) is 0 Å². The van der Waals surface area contributed by atoms with Gasteiger partial charge in [0.25, 0.3) is 11.1 Å². The highest BCUT2D eigenvalue weighted by Crippen LogP contribution is 2.33. The first kappa shape index (κ1) is 21.4. The predicted molar refractivity (Wildman–Crippen MR) is 109 cm³/mol. The number of amides is 2.